The lowest BCUT2D eigenvalue weighted by Crippen LogP contribution is -2.46. The first kappa shape index (κ1) is 31.6. The van der Waals surface area contributed by atoms with Gasteiger partial charge in [0.15, 0.2) is 6.10 Å². The number of amides is 1. The molecule has 4 atom stereocenters. The van der Waals surface area contributed by atoms with Crippen molar-refractivity contribution in [1.82, 2.24) is 5.32 Å². The van der Waals surface area contributed by atoms with Crippen molar-refractivity contribution >= 4 is 18.0 Å². The van der Waals surface area contributed by atoms with Crippen molar-refractivity contribution in [1.29, 1.82) is 0 Å². The number of aliphatic hydroxyl groups excluding tert-OH is 2. The standard InChI is InChI=1S/C23H32N2O3.C4H6O5/c1-23(2,3)28-22(27)25-19(14-17-10-6-4-7-11-17)16-21(26)20(24)15-18-12-8-5-9-13-18;5-2(4(8)9)1-3(6)7/h4-13,19-21,26H,14-16,24H2,1-3H3,(H,25,27);2,5H,1H2,(H,6,7)(H,8,9)/t19-,20-,21-;/m0./s1. The summed E-state index contributed by atoms with van der Waals surface area (Å²) in [5.74, 6) is -2.85. The first-order valence-corrected chi connectivity index (χ1v) is 11.9. The maximum Gasteiger partial charge on any atom is 0.407 e. The second-order valence-electron chi connectivity index (χ2n) is 9.64. The van der Waals surface area contributed by atoms with Crippen molar-refractivity contribution in [2.45, 2.75) is 76.3 Å². The van der Waals surface area contributed by atoms with Crippen LogP contribution in [0.15, 0.2) is 60.7 Å². The minimum absolute atomic E-state index is 0.283. The van der Waals surface area contributed by atoms with Crippen LogP contribution in [0.2, 0.25) is 0 Å². The smallest absolute Gasteiger partial charge is 0.407 e. The molecule has 0 aliphatic heterocycles. The van der Waals surface area contributed by atoms with Crippen molar-refractivity contribution in [3.63, 3.8) is 0 Å². The molecule has 2 rings (SSSR count). The molecule has 0 aliphatic rings. The minimum Gasteiger partial charge on any atom is -0.481 e. The summed E-state index contributed by atoms with van der Waals surface area (Å²) in [7, 11) is 0. The Labute approximate surface area is 217 Å². The Bertz CT molecular complexity index is 963. The molecule has 0 aliphatic carbocycles. The number of carbonyl (C=O) groups is 3. The number of nitrogens with one attached hydrogen (secondary N) is 1. The normalized spacial score (nSPS) is 14.2. The largest absolute Gasteiger partial charge is 0.481 e. The fourth-order valence-electron chi connectivity index (χ4n) is 3.31. The van der Waals surface area contributed by atoms with Crippen molar-refractivity contribution in [3.8, 4) is 0 Å². The second-order valence-corrected chi connectivity index (χ2v) is 9.64. The first-order chi connectivity index (χ1) is 17.3. The summed E-state index contributed by atoms with van der Waals surface area (Å²) in [5, 5.41) is 37.7. The van der Waals surface area contributed by atoms with Crippen molar-refractivity contribution in [2.24, 2.45) is 5.73 Å². The summed E-state index contributed by atoms with van der Waals surface area (Å²) in [4.78, 5) is 31.7. The van der Waals surface area contributed by atoms with Crippen molar-refractivity contribution < 1.29 is 39.5 Å². The number of carboxylic acid groups (broad SMARTS) is 2. The molecular weight excluding hydrogens is 480 g/mol. The van der Waals surface area contributed by atoms with Gasteiger partial charge in [-0.1, -0.05) is 60.7 Å². The molecule has 204 valence electrons. The van der Waals surface area contributed by atoms with Crippen LogP contribution in [0.1, 0.15) is 44.7 Å². The van der Waals surface area contributed by atoms with E-state index < -0.39 is 48.3 Å². The number of ether oxygens (including phenoxy) is 1. The Balaban J connectivity index is 0.000000649. The minimum atomic E-state index is -1.79. The van der Waals surface area contributed by atoms with Crippen LogP contribution in [0.5, 0.6) is 0 Å². The third-order valence-electron chi connectivity index (χ3n) is 5.03. The molecular formula is C27H38N2O8. The average molecular weight is 519 g/mol. The maximum atomic E-state index is 12.3. The van der Waals surface area contributed by atoms with Gasteiger partial charge in [-0.25, -0.2) is 9.59 Å². The van der Waals surface area contributed by atoms with E-state index in [9.17, 15) is 19.5 Å². The lowest BCUT2D eigenvalue weighted by molar-refractivity contribution is -0.152. The summed E-state index contributed by atoms with van der Waals surface area (Å²) in [6.07, 6.45) is -2.26. The molecule has 10 heteroatoms. The average Bonchev–Trinajstić information content (AvgIpc) is 2.79. The van der Waals surface area contributed by atoms with E-state index in [4.69, 9.17) is 25.8 Å². The van der Waals surface area contributed by atoms with E-state index in [1.54, 1.807) is 0 Å². The van der Waals surface area contributed by atoms with E-state index >= 15 is 0 Å². The molecule has 2 aromatic carbocycles. The summed E-state index contributed by atoms with van der Waals surface area (Å²) in [6.45, 7) is 5.47. The van der Waals surface area contributed by atoms with Crippen LogP contribution in [0.4, 0.5) is 4.79 Å². The van der Waals surface area contributed by atoms with Gasteiger partial charge < -0.3 is 36.2 Å². The molecule has 0 bridgehead atoms. The highest BCUT2D eigenvalue weighted by Crippen LogP contribution is 2.14. The molecule has 10 nitrogen and oxygen atoms in total. The summed E-state index contributed by atoms with van der Waals surface area (Å²) in [5.41, 5.74) is 7.80. The zero-order chi connectivity index (χ0) is 28.0. The molecule has 0 heterocycles. The Morgan fingerprint density at radius 2 is 1.38 bits per heavy atom. The number of hydrogen-bond acceptors (Lipinski definition) is 7. The van der Waals surface area contributed by atoms with Gasteiger partial charge >= 0.3 is 18.0 Å². The number of carboxylic acids is 2. The van der Waals surface area contributed by atoms with E-state index in [0.29, 0.717) is 19.3 Å². The van der Waals surface area contributed by atoms with Crippen LogP contribution in [0.25, 0.3) is 0 Å². The van der Waals surface area contributed by atoms with E-state index in [1.807, 2.05) is 81.4 Å². The fourth-order valence-corrected chi connectivity index (χ4v) is 3.31. The van der Waals surface area contributed by atoms with Crippen LogP contribution in [-0.2, 0) is 27.2 Å². The topological polar surface area (TPSA) is 179 Å². The molecule has 0 aromatic heterocycles. The molecule has 1 unspecified atom stereocenters. The molecule has 0 spiro atoms. The number of nitrogens with two attached hydrogens (primary N) is 1. The Kier molecular flexibility index (Phi) is 13.3. The van der Waals surface area contributed by atoms with Gasteiger partial charge in [0.1, 0.15) is 5.60 Å². The monoisotopic (exact) mass is 518 g/mol. The van der Waals surface area contributed by atoms with E-state index in [2.05, 4.69) is 5.32 Å². The van der Waals surface area contributed by atoms with E-state index in [0.717, 1.165) is 11.1 Å². The lowest BCUT2D eigenvalue weighted by atomic mass is 9.94. The first-order valence-electron chi connectivity index (χ1n) is 11.9. The second kappa shape index (κ2) is 15.6. The molecule has 0 fully saturated rings. The van der Waals surface area contributed by atoms with Gasteiger partial charge in [0.25, 0.3) is 0 Å². The molecule has 7 N–H and O–H groups in total. The SMILES string of the molecule is CC(C)(C)OC(=O)N[C@@H](Cc1ccccc1)C[C@H](O)[C@@H](N)Cc1ccccc1.O=C(O)CC(O)C(=O)O. The maximum absolute atomic E-state index is 12.3. The summed E-state index contributed by atoms with van der Waals surface area (Å²) < 4.78 is 5.38. The molecule has 0 saturated carbocycles. The van der Waals surface area contributed by atoms with E-state index in [-0.39, 0.29) is 6.04 Å². The Morgan fingerprint density at radius 1 is 0.892 bits per heavy atom. The third-order valence-corrected chi connectivity index (χ3v) is 5.03. The van der Waals surface area contributed by atoms with Crippen LogP contribution in [0.3, 0.4) is 0 Å². The fraction of sp³-hybridized carbons (Fsp3) is 0.444. The van der Waals surface area contributed by atoms with Gasteiger partial charge in [0.2, 0.25) is 0 Å². The van der Waals surface area contributed by atoms with Gasteiger partial charge in [-0.05, 0) is 51.2 Å². The number of aliphatic hydroxyl groups is 2. The molecule has 1 amide bonds. The number of benzene rings is 2. The summed E-state index contributed by atoms with van der Waals surface area (Å²) in [6, 6.07) is 19.0. The highest BCUT2D eigenvalue weighted by atomic mass is 16.6. The lowest BCUT2D eigenvalue weighted by Gasteiger charge is -2.27. The predicted octanol–water partition coefficient (Wildman–Crippen LogP) is 2.35. The molecule has 37 heavy (non-hydrogen) atoms. The van der Waals surface area contributed by atoms with Crippen LogP contribution >= 0.6 is 0 Å². The van der Waals surface area contributed by atoms with Crippen LogP contribution < -0.4 is 11.1 Å². The zero-order valence-corrected chi connectivity index (χ0v) is 21.4. The van der Waals surface area contributed by atoms with Crippen molar-refractivity contribution in [3.05, 3.63) is 71.8 Å². The highest BCUT2D eigenvalue weighted by molar-refractivity contribution is 5.79. The number of aliphatic carboxylic acids is 2. The highest BCUT2D eigenvalue weighted by Gasteiger charge is 2.24. The van der Waals surface area contributed by atoms with Gasteiger partial charge in [-0.2, -0.15) is 0 Å². The Hall–Kier alpha value is -3.47. The number of carbonyl (C=O) groups excluding carboxylic acids is 1. The third kappa shape index (κ3) is 14.6. The molecule has 2 aromatic rings. The summed E-state index contributed by atoms with van der Waals surface area (Å²) >= 11 is 0. The number of alkyl carbamates (subject to hydrolysis) is 1. The van der Waals surface area contributed by atoms with E-state index in [1.165, 1.54) is 0 Å². The quantitative estimate of drug-likeness (QED) is 0.260. The van der Waals surface area contributed by atoms with Gasteiger partial charge in [0.05, 0.1) is 12.5 Å². The zero-order valence-electron chi connectivity index (χ0n) is 21.4. The molecule has 0 saturated heterocycles. The van der Waals surface area contributed by atoms with Crippen LogP contribution in [0, 0.1) is 0 Å². The molecule has 0 radical (unpaired) electrons. The van der Waals surface area contributed by atoms with Gasteiger partial charge in [-0.3, -0.25) is 4.79 Å². The van der Waals surface area contributed by atoms with Gasteiger partial charge in [0, 0.05) is 12.1 Å². The predicted molar refractivity (Wildman–Crippen MR) is 138 cm³/mol. The van der Waals surface area contributed by atoms with Gasteiger partial charge in [-0.15, -0.1) is 0 Å². The Morgan fingerprint density at radius 3 is 1.78 bits per heavy atom. The number of hydrogen-bond donors (Lipinski definition) is 6. The van der Waals surface area contributed by atoms with Crippen molar-refractivity contribution in [2.75, 3.05) is 0 Å². The van der Waals surface area contributed by atoms with Crippen LogP contribution in [-0.4, -0.2) is 68.4 Å². The number of rotatable bonds is 11.